The molecule has 0 saturated carbocycles. The Labute approximate surface area is 190 Å². The van der Waals surface area contributed by atoms with Crippen molar-refractivity contribution in [3.8, 4) is 0 Å². The van der Waals surface area contributed by atoms with Gasteiger partial charge in [0.25, 0.3) is 0 Å². The van der Waals surface area contributed by atoms with Gasteiger partial charge in [0.15, 0.2) is 11.9 Å². The predicted molar refractivity (Wildman–Crippen MR) is 123 cm³/mol. The van der Waals surface area contributed by atoms with Crippen molar-refractivity contribution >= 4 is 38.3 Å². The first-order chi connectivity index (χ1) is 14.6. The number of benzene rings is 2. The van der Waals surface area contributed by atoms with E-state index in [1.54, 1.807) is 0 Å². The monoisotopic (exact) mass is 489 g/mol. The molecule has 0 bridgehead atoms. The number of halogens is 2. The van der Waals surface area contributed by atoms with Crippen molar-refractivity contribution in [1.29, 1.82) is 0 Å². The lowest BCUT2D eigenvalue weighted by Gasteiger charge is -2.36. The van der Waals surface area contributed by atoms with Crippen LogP contribution in [0.1, 0.15) is 37.4 Å². The summed E-state index contributed by atoms with van der Waals surface area (Å²) in [5.74, 6) is 0. The highest BCUT2D eigenvalue weighted by Gasteiger charge is 2.40. The van der Waals surface area contributed by atoms with Gasteiger partial charge in [-0.3, -0.25) is 0 Å². The summed E-state index contributed by atoms with van der Waals surface area (Å²) in [6.45, 7) is 3.48. The minimum Gasteiger partial charge on any atom is -0.362 e. The van der Waals surface area contributed by atoms with Crippen LogP contribution >= 0.6 is 27.5 Å². The number of rotatable bonds is 7. The van der Waals surface area contributed by atoms with Crippen LogP contribution in [0.4, 0.5) is 0 Å². The van der Waals surface area contributed by atoms with Gasteiger partial charge >= 0.3 is 0 Å². The fourth-order valence-electron chi connectivity index (χ4n) is 3.98. The molecule has 158 valence electrons. The summed E-state index contributed by atoms with van der Waals surface area (Å²) in [6, 6.07) is 18.1. The highest BCUT2D eigenvalue weighted by molar-refractivity contribution is 9.10. The van der Waals surface area contributed by atoms with Crippen molar-refractivity contribution in [1.82, 2.24) is 4.98 Å². The molecule has 1 aliphatic rings. The highest BCUT2D eigenvalue weighted by atomic mass is 79.9. The molecule has 1 saturated heterocycles. The maximum absolute atomic E-state index is 6.48. The van der Waals surface area contributed by atoms with E-state index in [0.29, 0.717) is 11.8 Å². The molecule has 4 rings (SSSR count). The van der Waals surface area contributed by atoms with Crippen LogP contribution in [-0.2, 0) is 19.8 Å². The van der Waals surface area contributed by atoms with Gasteiger partial charge in [-0.1, -0.05) is 63.9 Å². The lowest BCUT2D eigenvalue weighted by atomic mass is 9.87. The van der Waals surface area contributed by atoms with Gasteiger partial charge in [0.2, 0.25) is 0 Å². The molecule has 2 atom stereocenters. The van der Waals surface area contributed by atoms with Crippen molar-refractivity contribution in [3.63, 3.8) is 0 Å². The van der Waals surface area contributed by atoms with Crippen LogP contribution in [0.2, 0.25) is 5.15 Å². The molecule has 0 spiro atoms. The van der Waals surface area contributed by atoms with E-state index in [1.165, 1.54) is 0 Å². The molecule has 2 heterocycles. The topological polar surface area (TPSA) is 40.6 Å². The van der Waals surface area contributed by atoms with Crippen LogP contribution in [-0.4, -0.2) is 31.1 Å². The van der Waals surface area contributed by atoms with Crippen molar-refractivity contribution in [2.45, 2.75) is 38.1 Å². The Morgan fingerprint density at radius 1 is 1.17 bits per heavy atom. The first kappa shape index (κ1) is 21.7. The highest BCUT2D eigenvalue weighted by Crippen LogP contribution is 2.39. The Bertz CT molecular complexity index is 994. The molecule has 1 aliphatic heterocycles. The third kappa shape index (κ3) is 4.56. The second-order valence-corrected chi connectivity index (χ2v) is 8.70. The van der Waals surface area contributed by atoms with Gasteiger partial charge in [-0.25, -0.2) is 4.98 Å². The lowest BCUT2D eigenvalue weighted by molar-refractivity contribution is -0.195. The molecule has 1 aromatic heterocycles. The quantitative estimate of drug-likeness (QED) is 0.356. The van der Waals surface area contributed by atoms with Crippen LogP contribution < -0.4 is 0 Å². The predicted octanol–water partition coefficient (Wildman–Crippen LogP) is 6.47. The Kier molecular flexibility index (Phi) is 7.06. The SMILES string of the molecule is CCOC(COC1CCCCO1)(c1ccccc1)c1nc(Cl)cc2ccc(Br)cc12. The second-order valence-electron chi connectivity index (χ2n) is 7.39. The zero-order chi connectivity index (χ0) is 21.0. The van der Waals surface area contributed by atoms with Crippen molar-refractivity contribution in [2.75, 3.05) is 19.8 Å². The standard InChI is InChI=1S/C24H25BrClNO3/c1-2-30-24(18-8-4-3-5-9-18,16-29-22-10-6-7-13-28-22)23-20-15-19(25)12-11-17(20)14-21(26)27-23/h3-5,8-9,11-12,14-15,22H,2,6-7,10,13,16H2,1H3. The zero-order valence-electron chi connectivity index (χ0n) is 16.9. The summed E-state index contributed by atoms with van der Waals surface area (Å²) >= 11 is 10.1. The number of ether oxygens (including phenoxy) is 3. The normalized spacial score (nSPS) is 19.0. The minimum atomic E-state index is -0.916. The Morgan fingerprint density at radius 3 is 2.73 bits per heavy atom. The third-order valence-electron chi connectivity index (χ3n) is 5.39. The number of nitrogens with zero attached hydrogens (tertiary/aromatic N) is 1. The molecular formula is C24H25BrClNO3. The molecule has 3 aromatic rings. The maximum atomic E-state index is 6.48. The van der Waals surface area contributed by atoms with E-state index >= 15 is 0 Å². The van der Waals surface area contributed by atoms with E-state index in [0.717, 1.165) is 52.4 Å². The van der Waals surface area contributed by atoms with Crippen molar-refractivity contribution < 1.29 is 14.2 Å². The fourth-order valence-corrected chi connectivity index (χ4v) is 4.55. The zero-order valence-corrected chi connectivity index (χ0v) is 19.3. The fraction of sp³-hybridized carbons (Fsp3) is 0.375. The molecule has 0 N–H and O–H groups in total. The van der Waals surface area contributed by atoms with Gasteiger partial charge in [-0.2, -0.15) is 0 Å². The van der Waals surface area contributed by atoms with E-state index in [4.69, 9.17) is 30.8 Å². The first-order valence-electron chi connectivity index (χ1n) is 10.3. The summed E-state index contributed by atoms with van der Waals surface area (Å²) in [5, 5.41) is 2.40. The Hall–Kier alpha value is -1.50. The van der Waals surface area contributed by atoms with Gasteiger partial charge in [-0.15, -0.1) is 0 Å². The van der Waals surface area contributed by atoms with Crippen LogP contribution in [0.15, 0.2) is 59.1 Å². The molecule has 4 nitrogen and oxygen atoms in total. The van der Waals surface area contributed by atoms with E-state index in [9.17, 15) is 0 Å². The molecule has 0 radical (unpaired) electrons. The number of hydrogen-bond donors (Lipinski definition) is 0. The summed E-state index contributed by atoms with van der Waals surface area (Å²) in [7, 11) is 0. The summed E-state index contributed by atoms with van der Waals surface area (Å²) in [4.78, 5) is 4.77. The van der Waals surface area contributed by atoms with Crippen LogP contribution in [0.3, 0.4) is 0 Å². The van der Waals surface area contributed by atoms with Crippen molar-refractivity contribution in [3.05, 3.63) is 75.5 Å². The van der Waals surface area contributed by atoms with E-state index in [-0.39, 0.29) is 12.9 Å². The van der Waals surface area contributed by atoms with Gasteiger partial charge in [0.1, 0.15) is 5.15 Å². The van der Waals surface area contributed by atoms with Crippen molar-refractivity contribution in [2.24, 2.45) is 0 Å². The molecule has 2 unspecified atom stereocenters. The average molecular weight is 491 g/mol. The molecule has 30 heavy (non-hydrogen) atoms. The van der Waals surface area contributed by atoms with Gasteiger partial charge in [0, 0.05) is 23.1 Å². The van der Waals surface area contributed by atoms with E-state index < -0.39 is 5.60 Å². The van der Waals surface area contributed by atoms with Gasteiger partial charge < -0.3 is 14.2 Å². The molecule has 2 aromatic carbocycles. The molecule has 0 amide bonds. The molecular weight excluding hydrogens is 466 g/mol. The second kappa shape index (κ2) is 9.75. The molecule has 0 aliphatic carbocycles. The number of hydrogen-bond acceptors (Lipinski definition) is 4. The minimum absolute atomic E-state index is 0.237. The summed E-state index contributed by atoms with van der Waals surface area (Å²) in [6.07, 6.45) is 2.82. The van der Waals surface area contributed by atoms with Gasteiger partial charge in [0.05, 0.1) is 12.3 Å². The van der Waals surface area contributed by atoms with Crippen LogP contribution in [0.5, 0.6) is 0 Å². The molecule has 6 heteroatoms. The van der Waals surface area contributed by atoms with E-state index in [2.05, 4.69) is 22.0 Å². The third-order valence-corrected chi connectivity index (χ3v) is 6.07. The smallest absolute Gasteiger partial charge is 0.159 e. The van der Waals surface area contributed by atoms with E-state index in [1.807, 2.05) is 55.5 Å². The van der Waals surface area contributed by atoms with Gasteiger partial charge in [-0.05, 0) is 55.3 Å². The Balaban J connectivity index is 1.88. The largest absolute Gasteiger partial charge is 0.362 e. The maximum Gasteiger partial charge on any atom is 0.159 e. The molecule has 1 fully saturated rings. The summed E-state index contributed by atoms with van der Waals surface area (Å²) in [5.41, 5.74) is 0.801. The van der Waals surface area contributed by atoms with Crippen LogP contribution in [0.25, 0.3) is 10.8 Å². The number of fused-ring (bicyclic) bond motifs is 1. The summed E-state index contributed by atoms with van der Waals surface area (Å²) < 4.78 is 19.6. The lowest BCUT2D eigenvalue weighted by Crippen LogP contribution is -2.40. The number of aromatic nitrogens is 1. The number of pyridine rings is 1. The average Bonchev–Trinajstić information content (AvgIpc) is 2.78. The first-order valence-corrected chi connectivity index (χ1v) is 11.5. The van der Waals surface area contributed by atoms with Crippen LogP contribution in [0, 0.1) is 0 Å². The Morgan fingerprint density at radius 2 is 2.00 bits per heavy atom.